The van der Waals surface area contributed by atoms with Crippen molar-refractivity contribution in [3.05, 3.63) is 41.3 Å². The minimum absolute atomic E-state index is 0.0352. The molecule has 0 radical (unpaired) electrons. The van der Waals surface area contributed by atoms with Gasteiger partial charge in [-0.25, -0.2) is 24.1 Å². The van der Waals surface area contributed by atoms with Crippen molar-refractivity contribution in [3.8, 4) is 0 Å². The molecule has 0 aliphatic carbocycles. The van der Waals surface area contributed by atoms with Gasteiger partial charge in [-0.1, -0.05) is 6.07 Å². The number of rotatable bonds is 15. The summed E-state index contributed by atoms with van der Waals surface area (Å²) in [6.45, 7) is 9.86. The summed E-state index contributed by atoms with van der Waals surface area (Å²) in [4.78, 5) is 28.4. The third kappa shape index (κ3) is 11.0. The van der Waals surface area contributed by atoms with Gasteiger partial charge < -0.3 is 25.0 Å². The molecule has 0 aromatic carbocycles. The fourth-order valence-electron chi connectivity index (χ4n) is 4.51. The maximum absolute atomic E-state index is 14.6. The van der Waals surface area contributed by atoms with Crippen LogP contribution < -0.4 is 10.6 Å². The molecule has 2 N–H and O–H groups in total. The van der Waals surface area contributed by atoms with E-state index in [0.29, 0.717) is 25.5 Å². The molecule has 0 fully saturated rings. The summed E-state index contributed by atoms with van der Waals surface area (Å²) >= 11 is 0. The molecule has 2 aromatic rings. The lowest BCUT2D eigenvalue weighted by atomic mass is 10.1. The second-order valence-electron chi connectivity index (χ2n) is 11.3. The van der Waals surface area contributed by atoms with Gasteiger partial charge in [0.15, 0.2) is 0 Å². The number of pyridine rings is 1. The molecule has 3 heterocycles. The fourth-order valence-corrected chi connectivity index (χ4v) is 4.51. The topological polar surface area (TPSA) is 102 Å². The molecular formula is C29H45FN6O3. The molecule has 39 heavy (non-hydrogen) atoms. The number of aryl methyl sites for hydroxylation is 3. The summed E-state index contributed by atoms with van der Waals surface area (Å²) in [6, 6.07) is 3.63. The van der Waals surface area contributed by atoms with Gasteiger partial charge >= 0.3 is 5.97 Å². The lowest BCUT2D eigenvalue weighted by Gasteiger charge is -2.28. The first-order chi connectivity index (χ1) is 18.6. The number of halogens is 1. The third-order valence-electron chi connectivity index (χ3n) is 6.42. The Kier molecular flexibility index (Phi) is 11.9. The van der Waals surface area contributed by atoms with Crippen LogP contribution in [0.5, 0.6) is 0 Å². The Morgan fingerprint density at radius 1 is 1.21 bits per heavy atom. The van der Waals surface area contributed by atoms with Crippen LogP contribution in [0.1, 0.15) is 63.3 Å². The molecule has 9 nitrogen and oxygen atoms in total. The standard InChI is InChI=1S/C29H45FN6O3/c1-21-17-32-28(33-18-21)35-25(27(37)39-29(2,3)4)13-16-36(19-23(30)20-38-5)15-7-6-10-24-12-11-22-9-8-14-31-26(22)34-24/h11-12,17-18,23,25H,6-10,13-16,19-20H2,1-5H3,(H,31,34)(H,32,33,35). The molecular weight excluding hydrogens is 499 g/mol. The maximum Gasteiger partial charge on any atom is 0.329 e. The van der Waals surface area contributed by atoms with Gasteiger partial charge in [-0.15, -0.1) is 0 Å². The first kappa shape index (κ1) is 30.7. The van der Waals surface area contributed by atoms with Crippen molar-refractivity contribution in [1.29, 1.82) is 0 Å². The Labute approximate surface area is 232 Å². The van der Waals surface area contributed by atoms with Crippen LogP contribution in [0.15, 0.2) is 24.5 Å². The number of ether oxygens (including phenoxy) is 2. The van der Waals surface area contributed by atoms with Gasteiger partial charge in [-0.2, -0.15) is 0 Å². The Morgan fingerprint density at radius 3 is 2.69 bits per heavy atom. The summed E-state index contributed by atoms with van der Waals surface area (Å²) < 4.78 is 25.2. The molecule has 0 saturated carbocycles. The summed E-state index contributed by atoms with van der Waals surface area (Å²) in [7, 11) is 1.50. The molecule has 1 aliphatic rings. The van der Waals surface area contributed by atoms with Crippen LogP contribution in [0, 0.1) is 6.92 Å². The van der Waals surface area contributed by atoms with E-state index in [0.717, 1.165) is 55.7 Å². The molecule has 2 unspecified atom stereocenters. The minimum Gasteiger partial charge on any atom is -0.458 e. The lowest BCUT2D eigenvalue weighted by Crippen LogP contribution is -2.41. The number of nitrogens with zero attached hydrogens (tertiary/aromatic N) is 4. The van der Waals surface area contributed by atoms with E-state index in [4.69, 9.17) is 14.5 Å². The van der Waals surface area contributed by atoms with E-state index in [9.17, 15) is 9.18 Å². The second kappa shape index (κ2) is 15.1. The quantitative estimate of drug-likeness (QED) is 0.250. The summed E-state index contributed by atoms with van der Waals surface area (Å²) in [5.74, 6) is 0.990. The number of anilines is 2. The van der Waals surface area contributed by atoms with E-state index < -0.39 is 17.8 Å². The van der Waals surface area contributed by atoms with Crippen LogP contribution in [0.3, 0.4) is 0 Å². The predicted octanol–water partition coefficient (Wildman–Crippen LogP) is 4.36. The van der Waals surface area contributed by atoms with Gasteiger partial charge in [0.25, 0.3) is 0 Å². The Balaban J connectivity index is 1.59. The van der Waals surface area contributed by atoms with E-state index in [1.165, 1.54) is 12.7 Å². The van der Waals surface area contributed by atoms with Crippen LogP contribution in [-0.4, -0.2) is 83.5 Å². The van der Waals surface area contributed by atoms with Crippen molar-refractivity contribution in [2.75, 3.05) is 50.5 Å². The number of carbonyl (C=O) groups is 1. The van der Waals surface area contributed by atoms with E-state index in [-0.39, 0.29) is 19.1 Å². The van der Waals surface area contributed by atoms with Crippen molar-refractivity contribution in [3.63, 3.8) is 0 Å². The normalized spacial score (nSPS) is 14.8. The number of alkyl halides is 1. The largest absolute Gasteiger partial charge is 0.458 e. The monoisotopic (exact) mass is 544 g/mol. The van der Waals surface area contributed by atoms with Gasteiger partial charge in [0.05, 0.1) is 6.61 Å². The Hall–Kier alpha value is -2.85. The van der Waals surface area contributed by atoms with Gasteiger partial charge in [-0.3, -0.25) is 0 Å². The first-order valence-electron chi connectivity index (χ1n) is 14.0. The molecule has 0 amide bonds. The number of nitrogens with one attached hydrogen (secondary N) is 2. The lowest BCUT2D eigenvalue weighted by molar-refractivity contribution is -0.156. The smallest absolute Gasteiger partial charge is 0.329 e. The zero-order valence-electron chi connectivity index (χ0n) is 24.1. The molecule has 0 spiro atoms. The minimum atomic E-state index is -1.11. The molecule has 1 aliphatic heterocycles. The number of methoxy groups -OCH3 is 1. The third-order valence-corrected chi connectivity index (χ3v) is 6.42. The van der Waals surface area contributed by atoms with Crippen LogP contribution >= 0.6 is 0 Å². The highest BCUT2D eigenvalue weighted by Gasteiger charge is 2.27. The van der Waals surface area contributed by atoms with E-state index in [1.54, 1.807) is 12.4 Å². The van der Waals surface area contributed by atoms with Gasteiger partial charge in [0, 0.05) is 44.8 Å². The van der Waals surface area contributed by atoms with Crippen LogP contribution in [0.2, 0.25) is 0 Å². The number of carbonyl (C=O) groups excluding carboxylic acids is 1. The van der Waals surface area contributed by atoms with Gasteiger partial charge in [0.2, 0.25) is 5.95 Å². The number of hydrogen-bond acceptors (Lipinski definition) is 9. The van der Waals surface area contributed by atoms with E-state index >= 15 is 0 Å². The highest BCUT2D eigenvalue weighted by atomic mass is 19.1. The molecule has 2 atom stereocenters. The number of aromatic nitrogens is 3. The van der Waals surface area contributed by atoms with Crippen molar-refractivity contribution < 1.29 is 18.7 Å². The first-order valence-corrected chi connectivity index (χ1v) is 14.0. The molecule has 216 valence electrons. The molecule has 0 saturated heterocycles. The number of esters is 1. The average Bonchev–Trinajstić information content (AvgIpc) is 2.88. The predicted molar refractivity (Wildman–Crippen MR) is 152 cm³/mol. The van der Waals surface area contributed by atoms with Crippen molar-refractivity contribution in [1.82, 2.24) is 19.9 Å². The van der Waals surface area contributed by atoms with Crippen molar-refractivity contribution in [2.24, 2.45) is 0 Å². The van der Waals surface area contributed by atoms with Crippen LogP contribution in [0.4, 0.5) is 16.2 Å². The number of unbranched alkanes of at least 4 members (excludes halogenated alkanes) is 1. The molecule has 3 rings (SSSR count). The highest BCUT2D eigenvalue weighted by molar-refractivity contribution is 5.79. The van der Waals surface area contributed by atoms with Crippen LogP contribution in [-0.2, 0) is 27.1 Å². The maximum atomic E-state index is 14.6. The zero-order chi connectivity index (χ0) is 28.3. The van der Waals surface area contributed by atoms with Crippen molar-refractivity contribution >= 4 is 17.7 Å². The molecule has 0 bridgehead atoms. The van der Waals surface area contributed by atoms with E-state index in [1.807, 2.05) is 27.7 Å². The zero-order valence-corrected chi connectivity index (χ0v) is 24.1. The highest BCUT2D eigenvalue weighted by Crippen LogP contribution is 2.20. The van der Waals surface area contributed by atoms with Crippen molar-refractivity contribution in [2.45, 2.75) is 84.0 Å². The second-order valence-corrected chi connectivity index (χ2v) is 11.3. The summed E-state index contributed by atoms with van der Waals surface area (Å²) in [5.41, 5.74) is 2.65. The molecule has 2 aromatic heterocycles. The average molecular weight is 545 g/mol. The number of hydrogen-bond donors (Lipinski definition) is 2. The fraction of sp³-hybridized carbons (Fsp3) is 0.655. The summed E-state index contributed by atoms with van der Waals surface area (Å²) in [5, 5.41) is 6.51. The SMILES string of the molecule is COCC(F)CN(CCCCc1ccc2c(n1)NCCC2)CCC(Nc1ncc(C)cn1)C(=O)OC(C)(C)C. The molecule has 10 heteroatoms. The van der Waals surface area contributed by atoms with E-state index in [2.05, 4.69) is 37.6 Å². The van der Waals surface area contributed by atoms with Crippen LogP contribution in [0.25, 0.3) is 0 Å². The Bertz CT molecular complexity index is 1030. The number of fused-ring (bicyclic) bond motifs is 1. The summed E-state index contributed by atoms with van der Waals surface area (Å²) in [6.07, 6.45) is 7.61. The Morgan fingerprint density at radius 2 is 1.97 bits per heavy atom. The van der Waals surface area contributed by atoms with Gasteiger partial charge in [0.1, 0.15) is 23.6 Å². The van der Waals surface area contributed by atoms with Gasteiger partial charge in [-0.05, 0) is 90.0 Å².